The van der Waals surface area contributed by atoms with Crippen LogP contribution in [0.25, 0.3) is 10.9 Å². The van der Waals surface area contributed by atoms with Gasteiger partial charge in [0, 0.05) is 18.3 Å². The first-order valence-corrected chi connectivity index (χ1v) is 8.86. The molecular formula is C20H17ClN2O4. The molecule has 27 heavy (non-hydrogen) atoms. The van der Waals surface area contributed by atoms with Crippen LogP contribution in [0.3, 0.4) is 0 Å². The van der Waals surface area contributed by atoms with E-state index in [0.29, 0.717) is 40.6 Å². The first-order chi connectivity index (χ1) is 13.1. The van der Waals surface area contributed by atoms with Gasteiger partial charge in [-0.3, -0.25) is 9.59 Å². The highest BCUT2D eigenvalue weighted by atomic mass is 35.5. The zero-order valence-electron chi connectivity index (χ0n) is 14.6. The third-order valence-electron chi connectivity index (χ3n) is 4.60. The van der Waals surface area contributed by atoms with E-state index in [1.165, 1.54) is 0 Å². The fourth-order valence-electron chi connectivity index (χ4n) is 3.29. The Kier molecular flexibility index (Phi) is 4.49. The second kappa shape index (κ2) is 6.96. The summed E-state index contributed by atoms with van der Waals surface area (Å²) >= 11 is 6.26. The largest absolute Gasteiger partial charge is 0.496 e. The zero-order valence-corrected chi connectivity index (χ0v) is 15.4. The number of amides is 1. The summed E-state index contributed by atoms with van der Waals surface area (Å²) in [5, 5.41) is 3.40. The van der Waals surface area contributed by atoms with Crippen LogP contribution in [-0.2, 0) is 13.1 Å². The number of hydrogen-bond acceptors (Lipinski definition) is 4. The molecule has 6 nitrogen and oxygen atoms in total. The number of para-hydroxylation sites is 1. The van der Waals surface area contributed by atoms with Gasteiger partial charge in [-0.1, -0.05) is 29.8 Å². The minimum Gasteiger partial charge on any atom is -0.496 e. The number of pyridine rings is 1. The van der Waals surface area contributed by atoms with Crippen molar-refractivity contribution in [3.63, 3.8) is 0 Å². The van der Waals surface area contributed by atoms with Gasteiger partial charge in [0.05, 0.1) is 29.6 Å². The van der Waals surface area contributed by atoms with E-state index in [9.17, 15) is 9.59 Å². The summed E-state index contributed by atoms with van der Waals surface area (Å²) < 4.78 is 12.7. The van der Waals surface area contributed by atoms with Gasteiger partial charge in [-0.05, 0) is 18.2 Å². The third-order valence-corrected chi connectivity index (χ3v) is 4.92. The second-order valence-corrected chi connectivity index (χ2v) is 6.58. The monoisotopic (exact) mass is 384 g/mol. The molecule has 1 aromatic heterocycles. The quantitative estimate of drug-likeness (QED) is 0.750. The second-order valence-electron chi connectivity index (χ2n) is 6.18. The van der Waals surface area contributed by atoms with Gasteiger partial charge >= 0.3 is 0 Å². The molecule has 138 valence electrons. The van der Waals surface area contributed by atoms with Crippen molar-refractivity contribution < 1.29 is 14.3 Å². The maximum Gasteiger partial charge on any atom is 0.257 e. The topological polar surface area (TPSA) is 69.6 Å². The molecule has 0 bridgehead atoms. The van der Waals surface area contributed by atoms with Crippen LogP contribution in [0.15, 0.2) is 47.4 Å². The summed E-state index contributed by atoms with van der Waals surface area (Å²) in [6.45, 7) is 1.25. The van der Waals surface area contributed by atoms with E-state index in [2.05, 4.69) is 5.32 Å². The minimum absolute atomic E-state index is 0.0540. The average molecular weight is 385 g/mol. The van der Waals surface area contributed by atoms with E-state index in [0.717, 1.165) is 5.56 Å². The lowest BCUT2D eigenvalue weighted by atomic mass is 10.1. The van der Waals surface area contributed by atoms with Gasteiger partial charge in [0.15, 0.2) is 0 Å². The molecule has 0 aliphatic carbocycles. The number of rotatable bonds is 4. The van der Waals surface area contributed by atoms with Gasteiger partial charge in [-0.15, -0.1) is 0 Å². The van der Waals surface area contributed by atoms with E-state index in [4.69, 9.17) is 21.1 Å². The minimum atomic E-state index is -0.454. The fourth-order valence-corrected chi connectivity index (χ4v) is 3.53. The van der Waals surface area contributed by atoms with Crippen LogP contribution in [0.1, 0.15) is 15.9 Å². The third kappa shape index (κ3) is 3.02. The Balaban J connectivity index is 1.72. The van der Waals surface area contributed by atoms with Crippen molar-refractivity contribution >= 4 is 28.4 Å². The van der Waals surface area contributed by atoms with Crippen molar-refractivity contribution in [2.24, 2.45) is 0 Å². The van der Waals surface area contributed by atoms with Gasteiger partial charge in [0.25, 0.3) is 5.91 Å². The Morgan fingerprint density at radius 1 is 1.30 bits per heavy atom. The van der Waals surface area contributed by atoms with E-state index in [1.54, 1.807) is 25.4 Å². The Morgan fingerprint density at radius 3 is 2.93 bits per heavy atom. The summed E-state index contributed by atoms with van der Waals surface area (Å²) in [6, 6.07) is 10.7. The van der Waals surface area contributed by atoms with Crippen molar-refractivity contribution in [1.29, 1.82) is 0 Å². The first-order valence-electron chi connectivity index (χ1n) is 8.48. The van der Waals surface area contributed by atoms with E-state index < -0.39 is 11.3 Å². The maximum atomic E-state index is 12.9. The fraction of sp³-hybridized carbons (Fsp3) is 0.200. The van der Waals surface area contributed by atoms with Crippen LogP contribution < -0.4 is 20.2 Å². The highest BCUT2D eigenvalue weighted by Crippen LogP contribution is 2.32. The number of carbonyl (C=O) groups excluding carboxylic acids is 1. The molecule has 2 heterocycles. The number of aromatic nitrogens is 1. The van der Waals surface area contributed by atoms with Crippen LogP contribution in [0.5, 0.6) is 11.5 Å². The number of nitrogens with one attached hydrogen (secondary N) is 1. The molecule has 0 saturated heterocycles. The van der Waals surface area contributed by atoms with E-state index in [-0.39, 0.29) is 12.1 Å². The molecule has 2 aromatic carbocycles. The molecule has 7 heteroatoms. The SMILES string of the molecule is COc1ccccc1CNC(=O)c1cn2c3c(ccc(Cl)c3c1=O)OCC2. The normalized spacial score (nSPS) is 12.5. The maximum absolute atomic E-state index is 12.9. The van der Waals surface area contributed by atoms with Crippen LogP contribution in [0.4, 0.5) is 0 Å². The number of ether oxygens (including phenoxy) is 2. The molecule has 0 saturated carbocycles. The molecule has 1 N–H and O–H groups in total. The summed E-state index contributed by atoms with van der Waals surface area (Å²) in [5.74, 6) is 0.816. The number of hydrogen-bond donors (Lipinski definition) is 1. The number of halogens is 1. The lowest BCUT2D eigenvalue weighted by Crippen LogP contribution is -2.31. The average Bonchev–Trinajstić information content (AvgIpc) is 2.70. The highest BCUT2D eigenvalue weighted by Gasteiger charge is 2.22. The smallest absolute Gasteiger partial charge is 0.257 e. The molecule has 0 radical (unpaired) electrons. The number of methoxy groups -OCH3 is 1. The predicted molar refractivity (Wildman–Crippen MR) is 103 cm³/mol. The summed E-state index contributed by atoms with van der Waals surface area (Å²) in [7, 11) is 1.57. The molecular weight excluding hydrogens is 368 g/mol. The predicted octanol–water partition coefficient (Wildman–Crippen LogP) is 2.99. The molecule has 3 aromatic rings. The van der Waals surface area contributed by atoms with E-state index in [1.807, 2.05) is 28.8 Å². The van der Waals surface area contributed by atoms with Gasteiger partial charge in [0.1, 0.15) is 23.7 Å². The van der Waals surface area contributed by atoms with Gasteiger partial charge in [-0.25, -0.2) is 0 Å². The molecule has 0 spiro atoms. The molecule has 4 rings (SSSR count). The van der Waals surface area contributed by atoms with Crippen molar-refractivity contribution in [2.45, 2.75) is 13.1 Å². The van der Waals surface area contributed by atoms with Crippen LogP contribution in [0.2, 0.25) is 5.02 Å². The van der Waals surface area contributed by atoms with E-state index >= 15 is 0 Å². The van der Waals surface area contributed by atoms with Crippen molar-refractivity contribution in [3.05, 3.63) is 69.0 Å². The molecule has 1 aliphatic rings. The Bertz CT molecular complexity index is 1110. The van der Waals surface area contributed by atoms with Crippen LogP contribution in [-0.4, -0.2) is 24.2 Å². The Labute approximate surface area is 160 Å². The first kappa shape index (κ1) is 17.4. The summed E-state index contributed by atoms with van der Waals surface area (Å²) in [4.78, 5) is 25.7. The van der Waals surface area contributed by atoms with Crippen molar-refractivity contribution in [2.75, 3.05) is 13.7 Å². The number of carbonyl (C=O) groups is 1. The standard InChI is InChI=1S/C20H17ClN2O4/c1-26-15-5-3-2-4-12(15)10-22-20(25)13-11-23-8-9-27-16-7-6-14(21)17(18(16)23)19(13)24/h2-7,11H,8-10H2,1H3,(H,22,25). The lowest BCUT2D eigenvalue weighted by molar-refractivity contribution is 0.0949. The summed E-state index contributed by atoms with van der Waals surface area (Å²) in [6.07, 6.45) is 1.57. The number of nitrogens with zero attached hydrogens (tertiary/aromatic N) is 1. The highest BCUT2D eigenvalue weighted by molar-refractivity contribution is 6.35. The molecule has 0 atom stereocenters. The Morgan fingerprint density at radius 2 is 2.11 bits per heavy atom. The lowest BCUT2D eigenvalue weighted by Gasteiger charge is -2.22. The molecule has 1 aliphatic heterocycles. The van der Waals surface area contributed by atoms with Crippen LogP contribution in [0, 0.1) is 0 Å². The van der Waals surface area contributed by atoms with Gasteiger partial charge in [0.2, 0.25) is 5.43 Å². The molecule has 0 fully saturated rings. The summed E-state index contributed by atoms with van der Waals surface area (Å²) in [5.41, 5.74) is 1.10. The zero-order chi connectivity index (χ0) is 19.0. The Hall–Kier alpha value is -2.99. The van der Waals surface area contributed by atoms with Crippen LogP contribution >= 0.6 is 11.6 Å². The van der Waals surface area contributed by atoms with Crippen molar-refractivity contribution in [1.82, 2.24) is 9.88 Å². The van der Waals surface area contributed by atoms with Gasteiger partial charge in [-0.2, -0.15) is 0 Å². The molecule has 0 unspecified atom stereocenters. The molecule has 1 amide bonds. The number of benzene rings is 2. The van der Waals surface area contributed by atoms with Gasteiger partial charge < -0.3 is 19.4 Å². The van der Waals surface area contributed by atoms with Crippen molar-refractivity contribution in [3.8, 4) is 11.5 Å².